The predicted octanol–water partition coefficient (Wildman–Crippen LogP) is 4.96. The number of hydrogen-bond donors (Lipinski definition) is 2. The molecular weight excluding hydrogens is 461 g/mol. The number of carbonyl (C=O) groups excluding carboxylic acids is 2. The number of urea groups is 1. The van der Waals surface area contributed by atoms with Crippen LogP contribution in [0, 0.1) is 11.7 Å². The van der Waals surface area contributed by atoms with Crippen molar-refractivity contribution in [1.82, 2.24) is 10.2 Å². The van der Waals surface area contributed by atoms with Crippen molar-refractivity contribution in [2.75, 3.05) is 38.7 Å². The average Bonchev–Trinajstić information content (AvgIpc) is 2.81. The fraction of sp³-hybridized carbons (Fsp3) is 0.360. The Hall–Kier alpha value is -3.26. The summed E-state index contributed by atoms with van der Waals surface area (Å²) in [5.41, 5.74) is 1.11. The van der Waals surface area contributed by atoms with E-state index in [4.69, 9.17) is 21.1 Å². The number of benzene rings is 2. The minimum atomic E-state index is -0.418. The Morgan fingerprint density at radius 1 is 1.29 bits per heavy atom. The van der Waals surface area contributed by atoms with Crippen LogP contribution in [0.1, 0.15) is 25.3 Å². The second-order valence-electron chi connectivity index (χ2n) is 7.94. The van der Waals surface area contributed by atoms with Gasteiger partial charge < -0.3 is 25.0 Å². The van der Waals surface area contributed by atoms with Crippen LogP contribution in [0.3, 0.4) is 0 Å². The Morgan fingerprint density at radius 2 is 2.12 bits per heavy atom. The molecule has 2 N–H and O–H groups in total. The van der Waals surface area contributed by atoms with Gasteiger partial charge in [-0.3, -0.25) is 4.79 Å². The zero-order valence-electron chi connectivity index (χ0n) is 19.3. The summed E-state index contributed by atoms with van der Waals surface area (Å²) in [5, 5.41) is 5.82. The van der Waals surface area contributed by atoms with Crippen LogP contribution in [-0.2, 0) is 4.79 Å². The van der Waals surface area contributed by atoms with Gasteiger partial charge in [0.05, 0.1) is 18.7 Å². The molecule has 1 unspecified atom stereocenters. The molecule has 0 spiro atoms. The number of methoxy groups -OCH3 is 1. The molecule has 2 aromatic rings. The third-order valence-corrected chi connectivity index (χ3v) is 5.70. The van der Waals surface area contributed by atoms with Gasteiger partial charge in [-0.05, 0) is 67.7 Å². The minimum absolute atomic E-state index is 0.112. The SMILES string of the molecule is CCOc1cc(/C=C/C(=O)N2CCCC(CNC(=O)Nc3cccc(F)c3)C2)cc(Cl)c1OC. The molecule has 182 valence electrons. The molecule has 9 heteroatoms. The highest BCUT2D eigenvalue weighted by Crippen LogP contribution is 2.36. The van der Waals surface area contributed by atoms with Crippen LogP contribution in [0.5, 0.6) is 11.5 Å². The number of amides is 3. The first-order valence-electron chi connectivity index (χ1n) is 11.2. The Balaban J connectivity index is 1.54. The number of anilines is 1. The molecule has 3 amide bonds. The average molecular weight is 490 g/mol. The molecule has 0 radical (unpaired) electrons. The molecule has 1 aliphatic heterocycles. The van der Waals surface area contributed by atoms with E-state index in [1.54, 1.807) is 29.2 Å². The van der Waals surface area contributed by atoms with Gasteiger partial charge >= 0.3 is 6.03 Å². The van der Waals surface area contributed by atoms with Crippen LogP contribution >= 0.6 is 11.6 Å². The van der Waals surface area contributed by atoms with Crippen molar-refractivity contribution in [3.05, 3.63) is 58.9 Å². The van der Waals surface area contributed by atoms with E-state index in [-0.39, 0.29) is 11.8 Å². The van der Waals surface area contributed by atoms with E-state index in [0.29, 0.717) is 48.5 Å². The van der Waals surface area contributed by atoms with Crippen molar-refractivity contribution in [2.45, 2.75) is 19.8 Å². The van der Waals surface area contributed by atoms with Gasteiger partial charge in [-0.2, -0.15) is 0 Å². The Labute approximate surface area is 203 Å². The molecule has 0 aliphatic carbocycles. The zero-order chi connectivity index (χ0) is 24.5. The van der Waals surface area contributed by atoms with E-state index in [1.165, 1.54) is 31.4 Å². The first-order chi connectivity index (χ1) is 16.4. The van der Waals surface area contributed by atoms with Gasteiger partial charge in [0.25, 0.3) is 0 Å². The first-order valence-corrected chi connectivity index (χ1v) is 11.5. The molecule has 0 aromatic heterocycles. The van der Waals surface area contributed by atoms with Crippen molar-refractivity contribution >= 4 is 35.3 Å². The second-order valence-corrected chi connectivity index (χ2v) is 8.35. The molecule has 7 nitrogen and oxygen atoms in total. The maximum Gasteiger partial charge on any atom is 0.319 e. The van der Waals surface area contributed by atoms with Crippen LogP contribution in [0.4, 0.5) is 14.9 Å². The fourth-order valence-electron chi connectivity index (χ4n) is 3.83. The predicted molar refractivity (Wildman–Crippen MR) is 131 cm³/mol. The quantitative estimate of drug-likeness (QED) is 0.514. The van der Waals surface area contributed by atoms with E-state index >= 15 is 0 Å². The van der Waals surface area contributed by atoms with E-state index in [2.05, 4.69) is 10.6 Å². The Morgan fingerprint density at radius 3 is 2.85 bits per heavy atom. The molecule has 1 atom stereocenters. The summed E-state index contributed by atoms with van der Waals surface area (Å²) in [7, 11) is 1.52. The van der Waals surface area contributed by atoms with Crippen molar-refractivity contribution in [3.63, 3.8) is 0 Å². The maximum absolute atomic E-state index is 13.3. The molecule has 2 aromatic carbocycles. The number of piperidine rings is 1. The van der Waals surface area contributed by atoms with E-state index in [0.717, 1.165) is 18.4 Å². The molecule has 1 fully saturated rings. The number of ether oxygens (including phenoxy) is 2. The van der Waals surface area contributed by atoms with Crippen LogP contribution in [0.25, 0.3) is 6.08 Å². The molecule has 1 heterocycles. The highest BCUT2D eigenvalue weighted by molar-refractivity contribution is 6.32. The second kappa shape index (κ2) is 12.3. The van der Waals surface area contributed by atoms with Crippen LogP contribution in [0.2, 0.25) is 5.02 Å². The zero-order valence-corrected chi connectivity index (χ0v) is 20.0. The van der Waals surface area contributed by atoms with Crippen LogP contribution < -0.4 is 20.1 Å². The first kappa shape index (κ1) is 25.4. The van der Waals surface area contributed by atoms with Gasteiger partial charge in [-0.15, -0.1) is 0 Å². The molecule has 34 heavy (non-hydrogen) atoms. The summed E-state index contributed by atoms with van der Waals surface area (Å²) in [5.74, 6) is 0.575. The summed E-state index contributed by atoms with van der Waals surface area (Å²) in [6, 6.07) is 8.79. The lowest BCUT2D eigenvalue weighted by Crippen LogP contribution is -2.43. The fourth-order valence-corrected chi connectivity index (χ4v) is 4.12. The minimum Gasteiger partial charge on any atom is -0.491 e. The molecule has 0 bridgehead atoms. The number of rotatable bonds is 8. The van der Waals surface area contributed by atoms with Gasteiger partial charge in [0.2, 0.25) is 5.91 Å². The topological polar surface area (TPSA) is 79.9 Å². The van der Waals surface area contributed by atoms with Crippen molar-refractivity contribution in [1.29, 1.82) is 0 Å². The van der Waals surface area contributed by atoms with E-state index in [1.807, 2.05) is 6.92 Å². The Bertz CT molecular complexity index is 1050. The smallest absolute Gasteiger partial charge is 0.319 e. The summed E-state index contributed by atoms with van der Waals surface area (Å²) in [6.45, 7) is 3.94. The monoisotopic (exact) mass is 489 g/mol. The van der Waals surface area contributed by atoms with Gasteiger partial charge in [0.1, 0.15) is 5.82 Å². The van der Waals surface area contributed by atoms with E-state index < -0.39 is 11.8 Å². The largest absolute Gasteiger partial charge is 0.491 e. The van der Waals surface area contributed by atoms with Crippen LogP contribution in [-0.4, -0.2) is 50.2 Å². The highest BCUT2D eigenvalue weighted by atomic mass is 35.5. The molecule has 0 saturated carbocycles. The van der Waals surface area contributed by atoms with Crippen molar-refractivity contribution in [3.8, 4) is 11.5 Å². The lowest BCUT2D eigenvalue weighted by Gasteiger charge is -2.32. The number of nitrogens with one attached hydrogen (secondary N) is 2. The number of nitrogens with zero attached hydrogens (tertiary/aromatic N) is 1. The number of halogens is 2. The third kappa shape index (κ3) is 7.12. The lowest BCUT2D eigenvalue weighted by atomic mass is 9.98. The normalized spacial score (nSPS) is 15.8. The highest BCUT2D eigenvalue weighted by Gasteiger charge is 2.23. The molecule has 3 rings (SSSR count). The molecular formula is C25H29ClFN3O4. The number of hydrogen-bond acceptors (Lipinski definition) is 4. The summed E-state index contributed by atoms with van der Waals surface area (Å²) >= 11 is 6.28. The molecule has 1 saturated heterocycles. The van der Waals surface area contributed by atoms with Gasteiger partial charge in [0.15, 0.2) is 11.5 Å². The number of likely N-dealkylation sites (tertiary alicyclic amines) is 1. The third-order valence-electron chi connectivity index (χ3n) is 5.42. The summed E-state index contributed by atoms with van der Waals surface area (Å²) in [6.07, 6.45) is 4.96. The van der Waals surface area contributed by atoms with Crippen molar-refractivity contribution in [2.24, 2.45) is 5.92 Å². The molecule has 1 aliphatic rings. The van der Waals surface area contributed by atoms with Crippen LogP contribution in [0.15, 0.2) is 42.5 Å². The van der Waals surface area contributed by atoms with Crippen molar-refractivity contribution < 1.29 is 23.5 Å². The maximum atomic E-state index is 13.3. The van der Waals surface area contributed by atoms with Gasteiger partial charge in [-0.1, -0.05) is 17.7 Å². The standard InChI is InChI=1S/C25H29ClFN3O4/c1-3-34-22-13-17(12-21(26)24(22)33-2)9-10-23(31)30-11-5-6-18(16-30)15-28-25(32)29-20-8-4-7-19(27)14-20/h4,7-10,12-14,18H,3,5-6,11,15-16H2,1-2H3,(H2,28,29,32)/b10-9+. The summed E-state index contributed by atoms with van der Waals surface area (Å²) < 4.78 is 24.1. The number of carbonyl (C=O) groups is 2. The summed E-state index contributed by atoms with van der Waals surface area (Å²) in [4.78, 5) is 26.7. The van der Waals surface area contributed by atoms with E-state index in [9.17, 15) is 14.0 Å². The van der Waals surface area contributed by atoms with Gasteiger partial charge in [0, 0.05) is 31.4 Å². The lowest BCUT2D eigenvalue weighted by molar-refractivity contribution is -0.127. The Kier molecular flexibility index (Phi) is 9.16. The van der Waals surface area contributed by atoms with Gasteiger partial charge in [-0.25, -0.2) is 9.18 Å².